The summed E-state index contributed by atoms with van der Waals surface area (Å²) in [6, 6.07) is 15.6. The maximum atomic E-state index is 12.9. The Morgan fingerprint density at radius 2 is 1.76 bits per heavy atom. The van der Waals surface area contributed by atoms with E-state index in [0.717, 1.165) is 22.2 Å². The zero-order valence-electron chi connectivity index (χ0n) is 19.3. The second kappa shape index (κ2) is 9.48. The number of carbonyl (C=O) groups excluding carboxylic acids is 2. The number of likely N-dealkylation sites (tertiary alicyclic amines) is 1. The lowest BCUT2D eigenvalue weighted by Gasteiger charge is -2.33. The molecule has 7 nitrogen and oxygen atoms in total. The maximum Gasteiger partial charge on any atom is 0.407 e. The Hall–Kier alpha value is -3.61. The van der Waals surface area contributed by atoms with Gasteiger partial charge in [-0.15, -0.1) is 0 Å². The number of hydrogen-bond acceptors (Lipinski definition) is 4. The Balaban J connectivity index is 1.31. The number of fused-ring (bicyclic) bond motifs is 1. The molecule has 2 amide bonds. The summed E-state index contributed by atoms with van der Waals surface area (Å²) in [5, 5.41) is 11.4. The molecule has 1 saturated heterocycles. The number of H-pyrrole nitrogens is 1. The van der Waals surface area contributed by atoms with Gasteiger partial charge in [0.05, 0.1) is 11.2 Å². The summed E-state index contributed by atoms with van der Waals surface area (Å²) >= 11 is 0. The average Bonchev–Trinajstić information content (AvgIpc) is 3.20. The minimum Gasteiger partial charge on any atom is -0.444 e. The lowest BCUT2D eigenvalue weighted by molar-refractivity contribution is 0.0473. The number of para-hydroxylation sites is 1. The van der Waals surface area contributed by atoms with Gasteiger partial charge < -0.3 is 15.0 Å². The van der Waals surface area contributed by atoms with Crippen molar-refractivity contribution in [2.75, 3.05) is 13.1 Å². The summed E-state index contributed by atoms with van der Waals surface area (Å²) in [5.41, 5.74) is 3.03. The zero-order chi connectivity index (χ0) is 23.4. The van der Waals surface area contributed by atoms with Crippen molar-refractivity contribution < 1.29 is 14.3 Å². The van der Waals surface area contributed by atoms with Gasteiger partial charge in [0, 0.05) is 30.1 Å². The first-order chi connectivity index (χ1) is 15.8. The fraction of sp³-hybridized carbons (Fsp3) is 0.346. The van der Waals surface area contributed by atoms with Gasteiger partial charge in [0.2, 0.25) is 0 Å². The third kappa shape index (κ3) is 5.80. The van der Waals surface area contributed by atoms with Gasteiger partial charge in [-0.1, -0.05) is 36.4 Å². The van der Waals surface area contributed by atoms with Gasteiger partial charge in [-0.2, -0.15) is 5.10 Å². The molecule has 0 spiro atoms. The number of piperidine rings is 1. The molecule has 0 bridgehead atoms. The van der Waals surface area contributed by atoms with Crippen molar-refractivity contribution in [3.8, 4) is 0 Å². The van der Waals surface area contributed by atoms with Crippen LogP contribution in [0.3, 0.4) is 0 Å². The number of hydrogen-bond donors (Lipinski definition) is 2. The average molecular weight is 447 g/mol. The Bertz CT molecular complexity index is 1150. The molecule has 2 heterocycles. The van der Waals surface area contributed by atoms with Crippen LogP contribution in [0, 0.1) is 0 Å². The summed E-state index contributed by atoms with van der Waals surface area (Å²) in [7, 11) is 0. The van der Waals surface area contributed by atoms with E-state index in [-0.39, 0.29) is 11.9 Å². The molecule has 172 valence electrons. The van der Waals surface area contributed by atoms with Crippen LogP contribution in [0.2, 0.25) is 0 Å². The van der Waals surface area contributed by atoms with Crippen LogP contribution >= 0.6 is 0 Å². The predicted octanol–water partition coefficient (Wildman–Crippen LogP) is 4.86. The second-order valence-electron chi connectivity index (χ2n) is 9.32. The van der Waals surface area contributed by atoms with Gasteiger partial charge >= 0.3 is 6.09 Å². The minimum absolute atomic E-state index is 0.0135. The Morgan fingerprint density at radius 1 is 1.06 bits per heavy atom. The van der Waals surface area contributed by atoms with Crippen LogP contribution in [0.25, 0.3) is 23.1 Å². The minimum atomic E-state index is -0.520. The molecule has 33 heavy (non-hydrogen) atoms. The van der Waals surface area contributed by atoms with Crippen LogP contribution in [0.1, 0.15) is 55.2 Å². The summed E-state index contributed by atoms with van der Waals surface area (Å²) in [5.74, 6) is 0.0135. The molecule has 1 aliphatic rings. The van der Waals surface area contributed by atoms with Crippen LogP contribution in [-0.2, 0) is 4.74 Å². The van der Waals surface area contributed by atoms with Gasteiger partial charge in [0.1, 0.15) is 5.60 Å². The molecular weight excluding hydrogens is 416 g/mol. The van der Waals surface area contributed by atoms with E-state index < -0.39 is 11.7 Å². The fourth-order valence-corrected chi connectivity index (χ4v) is 3.91. The van der Waals surface area contributed by atoms with Gasteiger partial charge in [-0.25, -0.2) is 4.79 Å². The van der Waals surface area contributed by atoms with Crippen molar-refractivity contribution in [2.45, 2.75) is 45.3 Å². The van der Waals surface area contributed by atoms with Crippen LogP contribution < -0.4 is 5.32 Å². The molecule has 3 aromatic rings. The molecule has 0 radical (unpaired) electrons. The van der Waals surface area contributed by atoms with E-state index in [2.05, 4.69) is 15.5 Å². The van der Waals surface area contributed by atoms with Crippen molar-refractivity contribution in [3.63, 3.8) is 0 Å². The smallest absolute Gasteiger partial charge is 0.407 e. The number of ether oxygens (including phenoxy) is 1. The highest BCUT2D eigenvalue weighted by Crippen LogP contribution is 2.19. The number of nitrogens with zero attached hydrogens (tertiary/aromatic N) is 2. The monoisotopic (exact) mass is 446 g/mol. The Kier molecular flexibility index (Phi) is 6.49. The third-order valence-corrected chi connectivity index (χ3v) is 5.59. The standard InChI is InChI=1S/C26H30N4O3/c1-26(2,3)33-25(32)27-20-14-16-30(17-15-20)24(31)19-11-8-18(9-12-19)10-13-23-21-6-4-5-7-22(21)28-29-23/h4-13,20H,14-17H2,1-3H3,(H,27,32)(H,28,29)/b13-10+. The number of aromatic amines is 1. The van der Waals surface area contributed by atoms with Crippen molar-refractivity contribution in [2.24, 2.45) is 0 Å². The van der Waals surface area contributed by atoms with Crippen LogP contribution in [0.5, 0.6) is 0 Å². The molecule has 0 aliphatic carbocycles. The fourth-order valence-electron chi connectivity index (χ4n) is 3.91. The summed E-state index contributed by atoms with van der Waals surface area (Å²) in [6.07, 6.45) is 4.98. The first-order valence-electron chi connectivity index (χ1n) is 11.3. The van der Waals surface area contributed by atoms with E-state index in [1.807, 2.05) is 86.4 Å². The topological polar surface area (TPSA) is 87.3 Å². The summed E-state index contributed by atoms with van der Waals surface area (Å²) < 4.78 is 5.32. The molecule has 0 saturated carbocycles. The van der Waals surface area contributed by atoms with Crippen LogP contribution in [0.4, 0.5) is 4.79 Å². The number of benzene rings is 2. The number of aromatic nitrogens is 2. The highest BCUT2D eigenvalue weighted by molar-refractivity contribution is 5.95. The quantitative estimate of drug-likeness (QED) is 0.599. The third-order valence-electron chi connectivity index (χ3n) is 5.59. The molecule has 1 aliphatic heterocycles. The van der Waals surface area contributed by atoms with Crippen LogP contribution in [0.15, 0.2) is 48.5 Å². The van der Waals surface area contributed by atoms with Crippen molar-refractivity contribution in [1.82, 2.24) is 20.4 Å². The SMILES string of the molecule is CC(C)(C)OC(=O)NC1CCN(C(=O)c2ccc(/C=C/c3n[nH]c4ccccc34)cc2)CC1. The molecule has 1 fully saturated rings. The van der Waals surface area contributed by atoms with E-state index in [4.69, 9.17) is 4.74 Å². The maximum absolute atomic E-state index is 12.9. The van der Waals surface area contributed by atoms with E-state index in [0.29, 0.717) is 31.5 Å². The highest BCUT2D eigenvalue weighted by Gasteiger charge is 2.26. The van der Waals surface area contributed by atoms with E-state index in [1.165, 1.54) is 0 Å². The van der Waals surface area contributed by atoms with Gasteiger partial charge in [0.15, 0.2) is 0 Å². The molecule has 1 aromatic heterocycles. The predicted molar refractivity (Wildman–Crippen MR) is 130 cm³/mol. The number of carbonyl (C=O) groups is 2. The van der Waals surface area contributed by atoms with E-state index >= 15 is 0 Å². The molecule has 7 heteroatoms. The molecule has 0 atom stereocenters. The Labute approximate surface area is 193 Å². The number of rotatable bonds is 4. The lowest BCUT2D eigenvalue weighted by Crippen LogP contribution is -2.47. The Morgan fingerprint density at radius 3 is 2.45 bits per heavy atom. The molecule has 2 aromatic carbocycles. The molecular formula is C26H30N4O3. The molecule has 2 N–H and O–H groups in total. The highest BCUT2D eigenvalue weighted by atomic mass is 16.6. The first-order valence-corrected chi connectivity index (χ1v) is 11.3. The summed E-state index contributed by atoms with van der Waals surface area (Å²) in [4.78, 5) is 26.7. The van der Waals surface area contributed by atoms with Gasteiger partial charge in [-0.3, -0.25) is 9.89 Å². The number of amides is 2. The number of alkyl carbamates (subject to hydrolysis) is 1. The second-order valence-corrected chi connectivity index (χ2v) is 9.32. The van der Waals surface area contributed by atoms with E-state index in [9.17, 15) is 9.59 Å². The van der Waals surface area contributed by atoms with Crippen LogP contribution in [-0.4, -0.2) is 51.8 Å². The number of nitrogens with one attached hydrogen (secondary N) is 2. The zero-order valence-corrected chi connectivity index (χ0v) is 19.3. The van der Waals surface area contributed by atoms with Crippen molar-refractivity contribution in [3.05, 3.63) is 65.4 Å². The van der Waals surface area contributed by atoms with Crippen molar-refractivity contribution >= 4 is 35.1 Å². The van der Waals surface area contributed by atoms with E-state index in [1.54, 1.807) is 0 Å². The van der Waals surface area contributed by atoms with Gasteiger partial charge in [0.25, 0.3) is 5.91 Å². The summed E-state index contributed by atoms with van der Waals surface area (Å²) in [6.45, 7) is 6.73. The lowest BCUT2D eigenvalue weighted by atomic mass is 10.0. The normalized spacial score (nSPS) is 15.2. The first kappa shape index (κ1) is 22.6. The molecule has 4 rings (SSSR count). The largest absolute Gasteiger partial charge is 0.444 e. The van der Waals surface area contributed by atoms with Crippen molar-refractivity contribution in [1.29, 1.82) is 0 Å². The van der Waals surface area contributed by atoms with Gasteiger partial charge in [-0.05, 0) is 63.5 Å². The molecule has 0 unspecified atom stereocenters.